The SMILES string of the molecule is CS(=O)(=O)N1CCO[C@@H]2CCN(Cc3cccnc3)CC[C@@H]21. The molecule has 22 heavy (non-hydrogen) atoms. The summed E-state index contributed by atoms with van der Waals surface area (Å²) in [6.07, 6.45) is 6.67. The number of hydrogen-bond acceptors (Lipinski definition) is 5. The van der Waals surface area contributed by atoms with Crippen molar-refractivity contribution in [2.24, 2.45) is 0 Å². The second-order valence-electron chi connectivity index (χ2n) is 6.07. The van der Waals surface area contributed by atoms with Crippen molar-refractivity contribution >= 4 is 10.0 Å². The van der Waals surface area contributed by atoms with Gasteiger partial charge in [-0.1, -0.05) is 6.07 Å². The van der Waals surface area contributed by atoms with Crippen LogP contribution in [0.25, 0.3) is 0 Å². The van der Waals surface area contributed by atoms with Gasteiger partial charge in [0.25, 0.3) is 0 Å². The number of morpholine rings is 1. The minimum absolute atomic E-state index is 0.0161. The monoisotopic (exact) mass is 325 g/mol. The topological polar surface area (TPSA) is 62.7 Å². The van der Waals surface area contributed by atoms with E-state index in [0.29, 0.717) is 13.2 Å². The van der Waals surface area contributed by atoms with E-state index in [4.69, 9.17) is 4.74 Å². The van der Waals surface area contributed by atoms with Gasteiger partial charge in [-0.15, -0.1) is 0 Å². The molecule has 3 heterocycles. The molecule has 1 aromatic rings. The first-order valence-electron chi connectivity index (χ1n) is 7.74. The van der Waals surface area contributed by atoms with Crippen molar-refractivity contribution in [1.82, 2.24) is 14.2 Å². The van der Waals surface area contributed by atoms with Gasteiger partial charge in [0.15, 0.2) is 0 Å². The van der Waals surface area contributed by atoms with Gasteiger partial charge in [0.1, 0.15) is 0 Å². The summed E-state index contributed by atoms with van der Waals surface area (Å²) in [6, 6.07) is 3.99. The number of fused-ring (bicyclic) bond motifs is 1. The fourth-order valence-corrected chi connectivity index (χ4v) is 4.56. The van der Waals surface area contributed by atoms with Crippen molar-refractivity contribution in [3.63, 3.8) is 0 Å². The van der Waals surface area contributed by atoms with Crippen LogP contribution in [0.2, 0.25) is 0 Å². The molecule has 2 aliphatic heterocycles. The molecule has 3 rings (SSSR count). The number of hydrogen-bond donors (Lipinski definition) is 0. The van der Waals surface area contributed by atoms with E-state index in [1.165, 1.54) is 11.8 Å². The molecule has 0 unspecified atom stereocenters. The summed E-state index contributed by atoms with van der Waals surface area (Å²) in [5.74, 6) is 0. The quantitative estimate of drug-likeness (QED) is 0.819. The van der Waals surface area contributed by atoms with Gasteiger partial charge in [-0.05, 0) is 24.5 Å². The van der Waals surface area contributed by atoms with Crippen molar-refractivity contribution in [3.05, 3.63) is 30.1 Å². The predicted molar refractivity (Wildman–Crippen MR) is 83.8 cm³/mol. The number of ether oxygens (including phenoxy) is 1. The predicted octanol–water partition coefficient (Wildman–Crippen LogP) is 0.706. The Hall–Kier alpha value is -1.02. The Morgan fingerprint density at radius 3 is 2.86 bits per heavy atom. The van der Waals surface area contributed by atoms with Crippen LogP contribution in [0.3, 0.4) is 0 Å². The highest BCUT2D eigenvalue weighted by Crippen LogP contribution is 2.26. The van der Waals surface area contributed by atoms with E-state index in [0.717, 1.165) is 32.5 Å². The Morgan fingerprint density at radius 2 is 2.14 bits per heavy atom. The summed E-state index contributed by atoms with van der Waals surface area (Å²) in [5.41, 5.74) is 1.19. The van der Waals surface area contributed by atoms with E-state index in [1.807, 2.05) is 12.3 Å². The molecule has 0 radical (unpaired) electrons. The van der Waals surface area contributed by atoms with Crippen LogP contribution in [0.15, 0.2) is 24.5 Å². The molecular formula is C15H23N3O3S. The van der Waals surface area contributed by atoms with Crippen molar-refractivity contribution in [2.75, 3.05) is 32.5 Å². The van der Waals surface area contributed by atoms with Crippen LogP contribution >= 0.6 is 0 Å². The van der Waals surface area contributed by atoms with Crippen LogP contribution in [0.1, 0.15) is 18.4 Å². The van der Waals surface area contributed by atoms with Crippen LogP contribution in [-0.4, -0.2) is 67.2 Å². The Labute approximate surface area is 132 Å². The molecule has 7 heteroatoms. The lowest BCUT2D eigenvalue weighted by Gasteiger charge is -2.38. The number of likely N-dealkylation sites (tertiary alicyclic amines) is 1. The molecule has 1 aromatic heterocycles. The Kier molecular flexibility index (Phi) is 4.77. The molecule has 6 nitrogen and oxygen atoms in total. The van der Waals surface area contributed by atoms with Crippen LogP contribution in [0.5, 0.6) is 0 Å². The number of aromatic nitrogens is 1. The molecule has 0 N–H and O–H groups in total. The van der Waals surface area contributed by atoms with Crippen LogP contribution in [-0.2, 0) is 21.3 Å². The van der Waals surface area contributed by atoms with Crippen molar-refractivity contribution in [1.29, 1.82) is 0 Å². The summed E-state index contributed by atoms with van der Waals surface area (Å²) in [5, 5.41) is 0. The largest absolute Gasteiger partial charge is 0.375 e. The summed E-state index contributed by atoms with van der Waals surface area (Å²) in [4.78, 5) is 6.51. The first-order valence-corrected chi connectivity index (χ1v) is 9.58. The Morgan fingerprint density at radius 1 is 1.32 bits per heavy atom. The number of nitrogens with zero attached hydrogens (tertiary/aromatic N) is 3. The summed E-state index contributed by atoms with van der Waals surface area (Å²) in [6.45, 7) is 3.63. The number of sulfonamides is 1. The average molecular weight is 325 g/mol. The lowest BCUT2D eigenvalue weighted by molar-refractivity contribution is -0.0407. The first-order chi connectivity index (χ1) is 10.5. The molecule has 2 saturated heterocycles. The normalized spacial score (nSPS) is 28.0. The van der Waals surface area contributed by atoms with Gasteiger partial charge < -0.3 is 4.74 Å². The van der Waals surface area contributed by atoms with E-state index < -0.39 is 10.0 Å². The number of rotatable bonds is 3. The van der Waals surface area contributed by atoms with Gasteiger partial charge >= 0.3 is 0 Å². The van der Waals surface area contributed by atoms with Crippen molar-refractivity contribution in [2.45, 2.75) is 31.5 Å². The molecule has 0 aliphatic carbocycles. The molecule has 2 atom stereocenters. The minimum Gasteiger partial charge on any atom is -0.375 e. The van der Waals surface area contributed by atoms with E-state index >= 15 is 0 Å². The lowest BCUT2D eigenvalue weighted by atomic mass is 10.0. The molecule has 0 bridgehead atoms. The zero-order valence-electron chi connectivity index (χ0n) is 12.9. The van der Waals surface area contributed by atoms with Gasteiger partial charge in [0.2, 0.25) is 10.0 Å². The van der Waals surface area contributed by atoms with E-state index in [-0.39, 0.29) is 12.1 Å². The van der Waals surface area contributed by atoms with E-state index in [1.54, 1.807) is 10.5 Å². The van der Waals surface area contributed by atoms with Crippen molar-refractivity contribution in [3.8, 4) is 0 Å². The maximum Gasteiger partial charge on any atom is 0.211 e. The third-order valence-corrected chi connectivity index (χ3v) is 5.77. The molecule has 2 aliphatic rings. The van der Waals surface area contributed by atoms with Crippen molar-refractivity contribution < 1.29 is 13.2 Å². The molecule has 122 valence electrons. The fourth-order valence-electron chi connectivity index (χ4n) is 3.42. The summed E-state index contributed by atoms with van der Waals surface area (Å²) >= 11 is 0. The molecular weight excluding hydrogens is 302 g/mol. The zero-order chi connectivity index (χ0) is 15.6. The van der Waals surface area contributed by atoms with Gasteiger partial charge in [-0.3, -0.25) is 9.88 Å². The smallest absolute Gasteiger partial charge is 0.211 e. The molecule has 0 saturated carbocycles. The molecule has 2 fully saturated rings. The average Bonchev–Trinajstić information content (AvgIpc) is 2.70. The van der Waals surface area contributed by atoms with Gasteiger partial charge in [0.05, 0.1) is 25.0 Å². The third kappa shape index (κ3) is 3.65. The standard InChI is InChI=1S/C15H23N3O3S/c1-22(19,20)18-9-10-21-15-5-8-17(7-4-14(15)18)12-13-3-2-6-16-11-13/h2-3,6,11,14-15H,4-5,7-10,12H2,1H3/t14-,15+/m0/s1. The van der Waals surface area contributed by atoms with Gasteiger partial charge in [-0.25, -0.2) is 8.42 Å². The highest BCUT2D eigenvalue weighted by molar-refractivity contribution is 7.88. The second-order valence-corrected chi connectivity index (χ2v) is 8.00. The molecule has 0 aromatic carbocycles. The highest BCUT2D eigenvalue weighted by atomic mass is 32.2. The summed E-state index contributed by atoms with van der Waals surface area (Å²) in [7, 11) is -3.16. The van der Waals surface area contributed by atoms with E-state index in [2.05, 4.69) is 16.0 Å². The highest BCUT2D eigenvalue weighted by Gasteiger charge is 2.38. The van der Waals surface area contributed by atoms with Gasteiger partial charge in [0, 0.05) is 38.6 Å². The third-order valence-electron chi connectivity index (χ3n) is 4.47. The zero-order valence-corrected chi connectivity index (χ0v) is 13.7. The summed E-state index contributed by atoms with van der Waals surface area (Å²) < 4.78 is 31.4. The van der Waals surface area contributed by atoms with E-state index in [9.17, 15) is 8.42 Å². The first kappa shape index (κ1) is 15.9. The van der Waals surface area contributed by atoms with Crippen LogP contribution < -0.4 is 0 Å². The van der Waals surface area contributed by atoms with Crippen LogP contribution in [0, 0.1) is 0 Å². The van der Waals surface area contributed by atoms with Gasteiger partial charge in [-0.2, -0.15) is 4.31 Å². The maximum absolute atomic E-state index is 12.0. The fraction of sp³-hybridized carbons (Fsp3) is 0.667. The lowest BCUT2D eigenvalue weighted by Crippen LogP contribution is -2.53. The maximum atomic E-state index is 12.0. The molecule has 0 amide bonds. The Balaban J connectivity index is 1.68. The second kappa shape index (κ2) is 6.62. The van der Waals surface area contributed by atoms with Crippen LogP contribution in [0.4, 0.5) is 0 Å². The minimum atomic E-state index is -3.16. The Bertz CT molecular complexity index is 593. The molecule has 0 spiro atoms. The number of pyridine rings is 1.